The van der Waals surface area contributed by atoms with Crippen molar-refractivity contribution < 1.29 is 19.4 Å². The number of fused-ring (bicyclic) bond motifs is 1. The average Bonchev–Trinajstić information content (AvgIpc) is 3.05. The van der Waals surface area contributed by atoms with Crippen molar-refractivity contribution in [2.45, 2.75) is 12.5 Å². The summed E-state index contributed by atoms with van der Waals surface area (Å²) < 4.78 is 11.1. The van der Waals surface area contributed by atoms with E-state index in [4.69, 9.17) is 14.6 Å². The molecule has 2 aromatic rings. The summed E-state index contributed by atoms with van der Waals surface area (Å²) in [7, 11) is 0. The van der Waals surface area contributed by atoms with Crippen LogP contribution >= 0.6 is 0 Å². The van der Waals surface area contributed by atoms with E-state index in [-0.39, 0.29) is 18.7 Å². The summed E-state index contributed by atoms with van der Waals surface area (Å²) in [6.45, 7) is 1.12. The van der Waals surface area contributed by atoms with Gasteiger partial charge in [-0.05, 0) is 12.1 Å². The number of carbonyl (C=O) groups is 1. The van der Waals surface area contributed by atoms with E-state index in [1.54, 1.807) is 6.20 Å². The van der Waals surface area contributed by atoms with Gasteiger partial charge in [-0.3, -0.25) is 10.1 Å². The van der Waals surface area contributed by atoms with E-state index < -0.39 is 5.91 Å². The molecule has 120 valence electrons. The quantitative estimate of drug-likeness (QED) is 0.808. The summed E-state index contributed by atoms with van der Waals surface area (Å²) in [5, 5.41) is 12.0. The molecule has 23 heavy (non-hydrogen) atoms. The van der Waals surface area contributed by atoms with Crippen LogP contribution in [0, 0.1) is 0 Å². The summed E-state index contributed by atoms with van der Waals surface area (Å²) in [4.78, 5) is 20.0. The number of hydrogen-bond donors (Lipinski definition) is 2. The highest BCUT2D eigenvalue weighted by Gasteiger charge is 2.17. The molecule has 0 unspecified atom stereocenters. The van der Waals surface area contributed by atoms with Gasteiger partial charge in [0.15, 0.2) is 0 Å². The molecular formula is C16H17N3O4. The van der Waals surface area contributed by atoms with Crippen LogP contribution in [0.5, 0.6) is 5.75 Å². The largest absolute Gasteiger partial charge is 0.488 e. The Hall–Kier alpha value is -2.51. The first kappa shape index (κ1) is 15.4. The van der Waals surface area contributed by atoms with Crippen molar-refractivity contribution in [1.29, 1.82) is 0 Å². The van der Waals surface area contributed by atoms with Gasteiger partial charge >= 0.3 is 0 Å². The van der Waals surface area contributed by atoms with Crippen LogP contribution in [0.1, 0.15) is 6.42 Å². The van der Waals surface area contributed by atoms with Crippen LogP contribution in [0.15, 0.2) is 36.5 Å². The molecule has 1 fully saturated rings. The lowest BCUT2D eigenvalue weighted by molar-refractivity contribution is -0.112. The Morgan fingerprint density at radius 2 is 2.43 bits per heavy atom. The molecule has 1 aliphatic heterocycles. The Morgan fingerprint density at radius 3 is 3.22 bits per heavy atom. The summed E-state index contributed by atoms with van der Waals surface area (Å²) in [5.41, 5.74) is 0.679. The smallest absolute Gasteiger partial charge is 0.250 e. The summed E-state index contributed by atoms with van der Waals surface area (Å²) >= 11 is 0. The third kappa shape index (κ3) is 4.02. The predicted octanol–water partition coefficient (Wildman–Crippen LogP) is 1.28. The number of carbonyl (C=O) groups excluding carboxylic acids is 1. The number of ether oxygens (including phenoxy) is 2. The Morgan fingerprint density at radius 1 is 1.52 bits per heavy atom. The van der Waals surface area contributed by atoms with E-state index in [1.165, 1.54) is 12.2 Å². The number of anilines is 1. The second-order valence-corrected chi connectivity index (χ2v) is 5.09. The Kier molecular flexibility index (Phi) is 4.80. The van der Waals surface area contributed by atoms with Crippen LogP contribution in [0.2, 0.25) is 0 Å². The van der Waals surface area contributed by atoms with E-state index in [0.717, 1.165) is 18.4 Å². The number of nitrogens with zero attached hydrogens (tertiary/aromatic N) is 2. The molecule has 1 aromatic heterocycles. The van der Waals surface area contributed by atoms with E-state index >= 15 is 0 Å². The topological polar surface area (TPSA) is 93.6 Å². The lowest BCUT2D eigenvalue weighted by Gasteiger charge is -2.12. The molecule has 7 nitrogen and oxygen atoms in total. The molecule has 1 aromatic carbocycles. The number of hydrogen-bond acceptors (Lipinski definition) is 6. The van der Waals surface area contributed by atoms with Crippen molar-refractivity contribution in [2.75, 3.05) is 25.1 Å². The molecule has 0 aliphatic carbocycles. The zero-order valence-corrected chi connectivity index (χ0v) is 12.4. The fourth-order valence-electron chi connectivity index (χ4n) is 2.25. The number of benzene rings is 1. The van der Waals surface area contributed by atoms with E-state index in [9.17, 15) is 4.79 Å². The Bertz CT molecular complexity index is 726. The maximum Gasteiger partial charge on any atom is 0.250 e. The van der Waals surface area contributed by atoms with E-state index in [2.05, 4.69) is 15.3 Å². The van der Waals surface area contributed by atoms with E-state index in [0.29, 0.717) is 17.9 Å². The van der Waals surface area contributed by atoms with Crippen molar-refractivity contribution >= 4 is 22.8 Å². The predicted molar refractivity (Wildman–Crippen MR) is 84.2 cm³/mol. The normalized spacial score (nSPS) is 17.7. The molecule has 2 N–H and O–H groups in total. The molecule has 1 atom stereocenters. The number of aliphatic hydroxyl groups excluding tert-OH is 1. The fourth-order valence-corrected chi connectivity index (χ4v) is 2.25. The van der Waals surface area contributed by atoms with Crippen LogP contribution < -0.4 is 10.1 Å². The van der Waals surface area contributed by atoms with Gasteiger partial charge in [-0.25, -0.2) is 9.97 Å². The molecular weight excluding hydrogens is 298 g/mol. The van der Waals surface area contributed by atoms with Gasteiger partial charge in [-0.15, -0.1) is 0 Å². The highest BCUT2D eigenvalue weighted by Crippen LogP contribution is 2.22. The lowest BCUT2D eigenvalue weighted by atomic mass is 10.2. The van der Waals surface area contributed by atoms with Gasteiger partial charge in [0, 0.05) is 30.1 Å². The summed E-state index contributed by atoms with van der Waals surface area (Å²) in [5.74, 6) is 0.518. The molecule has 0 spiro atoms. The zero-order chi connectivity index (χ0) is 16.1. The second kappa shape index (κ2) is 7.17. The fraction of sp³-hybridized carbons (Fsp3) is 0.312. The monoisotopic (exact) mass is 315 g/mol. The first-order valence-electron chi connectivity index (χ1n) is 7.34. The standard InChI is InChI=1S/C16H17N3O4/c20-6-1-2-15(21)19-16-17-9-11-3-4-12(8-14(11)18-16)23-13-5-7-22-10-13/h1-4,8-9,13,20H,5-7,10H2,(H,17,18,19,21)/t13-/m0/s1. The lowest BCUT2D eigenvalue weighted by Crippen LogP contribution is -2.15. The first-order chi connectivity index (χ1) is 11.2. The van der Waals surface area contributed by atoms with Gasteiger partial charge in [0.05, 0.1) is 25.3 Å². The average molecular weight is 315 g/mol. The third-order valence-electron chi connectivity index (χ3n) is 3.35. The van der Waals surface area contributed by atoms with Crippen molar-refractivity contribution in [3.63, 3.8) is 0 Å². The molecule has 7 heteroatoms. The maximum atomic E-state index is 11.6. The molecule has 2 heterocycles. The van der Waals surface area contributed by atoms with Crippen LogP contribution in [-0.4, -0.2) is 46.9 Å². The van der Waals surface area contributed by atoms with Gasteiger partial charge in [0.2, 0.25) is 11.9 Å². The number of rotatable bonds is 5. The van der Waals surface area contributed by atoms with E-state index in [1.807, 2.05) is 18.2 Å². The number of aliphatic hydroxyl groups is 1. The van der Waals surface area contributed by atoms with Gasteiger partial charge < -0.3 is 14.6 Å². The van der Waals surface area contributed by atoms with Gasteiger partial charge in [-0.2, -0.15) is 0 Å². The Labute approximate surface area is 133 Å². The van der Waals surface area contributed by atoms with Gasteiger partial charge in [-0.1, -0.05) is 6.08 Å². The molecule has 0 radical (unpaired) electrons. The van der Waals surface area contributed by atoms with Crippen molar-refractivity contribution in [3.05, 3.63) is 36.5 Å². The molecule has 1 aliphatic rings. The molecule has 1 amide bonds. The minimum absolute atomic E-state index is 0.0667. The van der Waals surface area contributed by atoms with Crippen LogP contribution in [0.3, 0.4) is 0 Å². The van der Waals surface area contributed by atoms with Crippen LogP contribution in [0.25, 0.3) is 10.9 Å². The highest BCUT2D eigenvalue weighted by atomic mass is 16.5. The maximum absolute atomic E-state index is 11.6. The highest BCUT2D eigenvalue weighted by molar-refractivity contribution is 5.98. The van der Waals surface area contributed by atoms with Crippen LogP contribution in [0.4, 0.5) is 5.95 Å². The minimum Gasteiger partial charge on any atom is -0.488 e. The summed E-state index contributed by atoms with van der Waals surface area (Å²) in [6.07, 6.45) is 5.15. The number of amides is 1. The second-order valence-electron chi connectivity index (χ2n) is 5.09. The molecule has 0 saturated carbocycles. The molecule has 1 saturated heterocycles. The zero-order valence-electron chi connectivity index (χ0n) is 12.4. The van der Waals surface area contributed by atoms with Crippen molar-refractivity contribution in [1.82, 2.24) is 9.97 Å². The number of nitrogens with one attached hydrogen (secondary N) is 1. The minimum atomic E-state index is -0.395. The molecule has 0 bridgehead atoms. The third-order valence-corrected chi connectivity index (χ3v) is 3.35. The van der Waals surface area contributed by atoms with Crippen molar-refractivity contribution in [2.24, 2.45) is 0 Å². The summed E-state index contributed by atoms with van der Waals surface area (Å²) in [6, 6.07) is 5.55. The van der Waals surface area contributed by atoms with Crippen LogP contribution in [-0.2, 0) is 9.53 Å². The number of aromatic nitrogens is 2. The van der Waals surface area contributed by atoms with Gasteiger partial charge in [0.1, 0.15) is 11.9 Å². The van der Waals surface area contributed by atoms with Crippen molar-refractivity contribution in [3.8, 4) is 5.75 Å². The first-order valence-corrected chi connectivity index (χ1v) is 7.34. The van der Waals surface area contributed by atoms with Gasteiger partial charge in [0.25, 0.3) is 0 Å². The Balaban J connectivity index is 1.76. The SMILES string of the molecule is O=C(C=CCO)Nc1ncc2ccc(O[C@H]3CCOC3)cc2n1. The molecule has 3 rings (SSSR count).